The van der Waals surface area contributed by atoms with E-state index in [0.717, 1.165) is 0 Å². The molecule has 0 bridgehead atoms. The molecular formula is C11H11F3N2O. The van der Waals surface area contributed by atoms with Crippen LogP contribution in [0.15, 0.2) is 24.3 Å². The third kappa shape index (κ3) is 2.26. The smallest absolute Gasteiger partial charge is 0.324 e. The van der Waals surface area contributed by atoms with Crippen molar-refractivity contribution >= 4 is 11.6 Å². The first-order valence-corrected chi connectivity index (χ1v) is 5.12. The Hall–Kier alpha value is -1.56. The lowest BCUT2D eigenvalue weighted by Gasteiger charge is -2.22. The van der Waals surface area contributed by atoms with E-state index in [9.17, 15) is 18.0 Å². The molecule has 92 valence electrons. The largest absolute Gasteiger partial charge is 0.408 e. The molecule has 17 heavy (non-hydrogen) atoms. The summed E-state index contributed by atoms with van der Waals surface area (Å²) in [4.78, 5) is 11.5. The molecule has 2 N–H and O–H groups in total. The summed E-state index contributed by atoms with van der Waals surface area (Å²) in [7, 11) is 0. The standard InChI is InChI=1S/C11H11F3N2O/c1-6-10(17)16-8-5-3-2-4-7(8)9(15-6)11(12,13)14/h2-6,9,15H,1H3,(H,16,17)/t6-,9?/m1/s1. The number of para-hydroxylation sites is 1. The number of fused-ring (bicyclic) bond motifs is 1. The van der Waals surface area contributed by atoms with Crippen LogP contribution in [0.2, 0.25) is 0 Å². The second-order valence-electron chi connectivity index (χ2n) is 3.94. The van der Waals surface area contributed by atoms with Crippen LogP contribution < -0.4 is 10.6 Å². The Morgan fingerprint density at radius 2 is 1.88 bits per heavy atom. The van der Waals surface area contributed by atoms with Gasteiger partial charge in [-0.2, -0.15) is 13.2 Å². The molecule has 2 atom stereocenters. The van der Waals surface area contributed by atoms with Crippen LogP contribution in [0.25, 0.3) is 0 Å². The van der Waals surface area contributed by atoms with Gasteiger partial charge in [0.2, 0.25) is 5.91 Å². The van der Waals surface area contributed by atoms with Crippen LogP contribution in [0.1, 0.15) is 18.5 Å². The van der Waals surface area contributed by atoms with Crippen molar-refractivity contribution in [3.8, 4) is 0 Å². The van der Waals surface area contributed by atoms with Crippen molar-refractivity contribution < 1.29 is 18.0 Å². The third-order valence-corrected chi connectivity index (χ3v) is 2.67. The normalized spacial score (nSPS) is 24.8. The van der Waals surface area contributed by atoms with Crippen molar-refractivity contribution in [2.24, 2.45) is 0 Å². The molecule has 0 aromatic heterocycles. The first-order chi connectivity index (χ1) is 7.89. The summed E-state index contributed by atoms with van der Waals surface area (Å²) in [5, 5.41) is 4.76. The van der Waals surface area contributed by atoms with E-state index in [4.69, 9.17) is 0 Å². The van der Waals surface area contributed by atoms with E-state index < -0.39 is 24.2 Å². The molecular weight excluding hydrogens is 233 g/mol. The Morgan fingerprint density at radius 1 is 1.24 bits per heavy atom. The van der Waals surface area contributed by atoms with E-state index in [1.165, 1.54) is 25.1 Å². The molecule has 1 aliphatic heterocycles. The summed E-state index contributed by atoms with van der Waals surface area (Å²) in [6.07, 6.45) is -4.43. The van der Waals surface area contributed by atoms with Crippen LogP contribution in [-0.4, -0.2) is 18.1 Å². The number of halogens is 3. The molecule has 1 unspecified atom stereocenters. The van der Waals surface area contributed by atoms with Gasteiger partial charge in [0.25, 0.3) is 0 Å². The van der Waals surface area contributed by atoms with Crippen LogP contribution in [0.3, 0.4) is 0 Å². The number of rotatable bonds is 0. The van der Waals surface area contributed by atoms with Crippen LogP contribution in [0.5, 0.6) is 0 Å². The van der Waals surface area contributed by atoms with Crippen molar-refractivity contribution in [2.45, 2.75) is 25.2 Å². The molecule has 0 aliphatic carbocycles. The number of hydrogen-bond acceptors (Lipinski definition) is 2. The molecule has 0 saturated heterocycles. The minimum absolute atomic E-state index is 0.0395. The SMILES string of the molecule is C[C@H]1NC(C(F)(F)F)c2ccccc2NC1=O. The molecule has 0 radical (unpaired) electrons. The van der Waals surface area contributed by atoms with Crippen LogP contribution in [-0.2, 0) is 4.79 Å². The predicted octanol–water partition coefficient (Wildman–Crippen LogP) is 2.22. The average Bonchev–Trinajstić information content (AvgIpc) is 2.36. The summed E-state index contributed by atoms with van der Waals surface area (Å²) in [6, 6.07) is 3.20. The summed E-state index contributed by atoms with van der Waals surface area (Å²) >= 11 is 0. The lowest BCUT2D eigenvalue weighted by Crippen LogP contribution is -2.42. The molecule has 0 saturated carbocycles. The van der Waals surface area contributed by atoms with Crippen LogP contribution in [0, 0.1) is 0 Å². The van der Waals surface area contributed by atoms with Gasteiger partial charge in [-0.25, -0.2) is 0 Å². The zero-order valence-electron chi connectivity index (χ0n) is 9.01. The Balaban J connectivity index is 2.50. The van der Waals surface area contributed by atoms with Crippen molar-refractivity contribution in [2.75, 3.05) is 5.32 Å². The molecule has 0 fully saturated rings. The number of benzene rings is 1. The Morgan fingerprint density at radius 3 is 2.53 bits per heavy atom. The van der Waals surface area contributed by atoms with E-state index in [1.54, 1.807) is 6.07 Å². The van der Waals surface area contributed by atoms with Gasteiger partial charge in [0.1, 0.15) is 6.04 Å². The summed E-state index contributed by atoms with van der Waals surface area (Å²) in [6.45, 7) is 1.40. The van der Waals surface area contributed by atoms with E-state index >= 15 is 0 Å². The first kappa shape index (κ1) is 11.9. The molecule has 6 heteroatoms. The Bertz CT molecular complexity index is 445. The minimum Gasteiger partial charge on any atom is -0.324 e. The van der Waals surface area contributed by atoms with E-state index in [2.05, 4.69) is 10.6 Å². The predicted molar refractivity (Wildman–Crippen MR) is 56.5 cm³/mol. The fraction of sp³-hybridized carbons (Fsp3) is 0.364. The van der Waals surface area contributed by atoms with Gasteiger partial charge in [0.15, 0.2) is 0 Å². The zero-order chi connectivity index (χ0) is 12.6. The maximum Gasteiger partial charge on any atom is 0.408 e. The molecule has 1 heterocycles. The van der Waals surface area contributed by atoms with Crippen molar-refractivity contribution in [3.63, 3.8) is 0 Å². The number of nitrogens with one attached hydrogen (secondary N) is 2. The molecule has 1 aliphatic rings. The van der Waals surface area contributed by atoms with Gasteiger partial charge in [-0.1, -0.05) is 18.2 Å². The summed E-state index contributed by atoms with van der Waals surface area (Å²) in [5.74, 6) is -0.468. The van der Waals surface area contributed by atoms with Gasteiger partial charge < -0.3 is 5.32 Å². The fourth-order valence-corrected chi connectivity index (χ4v) is 1.79. The molecule has 0 spiro atoms. The van der Waals surface area contributed by atoms with Gasteiger partial charge in [0.05, 0.1) is 6.04 Å². The highest BCUT2D eigenvalue weighted by Crippen LogP contribution is 2.37. The molecule has 1 aromatic carbocycles. The highest BCUT2D eigenvalue weighted by Gasteiger charge is 2.44. The zero-order valence-corrected chi connectivity index (χ0v) is 9.01. The number of anilines is 1. The molecule has 2 rings (SSSR count). The fourth-order valence-electron chi connectivity index (χ4n) is 1.79. The number of carbonyl (C=O) groups excluding carboxylic acids is 1. The Labute approximate surface area is 96.0 Å². The van der Waals surface area contributed by atoms with Gasteiger partial charge in [-0.05, 0) is 13.0 Å². The molecule has 1 aromatic rings. The van der Waals surface area contributed by atoms with Crippen LogP contribution in [0.4, 0.5) is 18.9 Å². The highest BCUT2D eigenvalue weighted by atomic mass is 19.4. The molecule has 1 amide bonds. The van der Waals surface area contributed by atoms with E-state index in [-0.39, 0.29) is 11.3 Å². The topological polar surface area (TPSA) is 41.1 Å². The summed E-state index contributed by atoms with van der Waals surface area (Å²) in [5.41, 5.74) is 0.245. The minimum atomic E-state index is -4.43. The van der Waals surface area contributed by atoms with Crippen molar-refractivity contribution in [1.82, 2.24) is 5.32 Å². The maximum absolute atomic E-state index is 12.9. The maximum atomic E-state index is 12.9. The van der Waals surface area contributed by atoms with Gasteiger partial charge in [0, 0.05) is 11.3 Å². The lowest BCUT2D eigenvalue weighted by molar-refractivity contribution is -0.159. The van der Waals surface area contributed by atoms with Gasteiger partial charge >= 0.3 is 6.18 Å². The number of amides is 1. The van der Waals surface area contributed by atoms with Gasteiger partial charge in [-0.3, -0.25) is 10.1 Å². The first-order valence-electron chi connectivity index (χ1n) is 5.12. The monoisotopic (exact) mass is 244 g/mol. The quantitative estimate of drug-likeness (QED) is 0.734. The number of carbonyl (C=O) groups is 1. The van der Waals surface area contributed by atoms with Crippen LogP contribution >= 0.6 is 0 Å². The second-order valence-corrected chi connectivity index (χ2v) is 3.94. The average molecular weight is 244 g/mol. The molecule has 3 nitrogen and oxygen atoms in total. The number of alkyl halides is 3. The second kappa shape index (κ2) is 4.03. The van der Waals surface area contributed by atoms with Gasteiger partial charge in [-0.15, -0.1) is 0 Å². The summed E-state index contributed by atoms with van der Waals surface area (Å²) < 4.78 is 38.7. The van der Waals surface area contributed by atoms with Crippen molar-refractivity contribution in [1.29, 1.82) is 0 Å². The highest BCUT2D eigenvalue weighted by molar-refractivity contribution is 5.96. The van der Waals surface area contributed by atoms with E-state index in [0.29, 0.717) is 0 Å². The number of hydrogen-bond donors (Lipinski definition) is 2. The Kier molecular flexibility index (Phi) is 2.82. The lowest BCUT2D eigenvalue weighted by atomic mass is 10.0. The van der Waals surface area contributed by atoms with E-state index in [1.807, 2.05) is 0 Å². The third-order valence-electron chi connectivity index (χ3n) is 2.67. The van der Waals surface area contributed by atoms with Crippen molar-refractivity contribution in [3.05, 3.63) is 29.8 Å².